The summed E-state index contributed by atoms with van der Waals surface area (Å²) in [7, 11) is 0. The van der Waals surface area contributed by atoms with E-state index >= 15 is 0 Å². The van der Waals surface area contributed by atoms with Gasteiger partial charge in [-0.2, -0.15) is 0 Å². The van der Waals surface area contributed by atoms with Crippen LogP contribution in [0.2, 0.25) is 0 Å². The highest BCUT2D eigenvalue weighted by Crippen LogP contribution is 2.15. The Morgan fingerprint density at radius 1 is 1.40 bits per heavy atom. The summed E-state index contributed by atoms with van der Waals surface area (Å²) < 4.78 is 2.08. The SMILES string of the molecule is CC(C)(C)Cn1[c]ccc1. The zero-order valence-corrected chi connectivity index (χ0v) is 6.89. The van der Waals surface area contributed by atoms with Crippen molar-refractivity contribution < 1.29 is 0 Å². The standard InChI is InChI=1S/C9H14N/c1-9(2,3)8-10-6-4-5-7-10/h4-6H,8H2,1-3H3. The summed E-state index contributed by atoms with van der Waals surface area (Å²) in [5.41, 5.74) is 0.357. The van der Waals surface area contributed by atoms with Crippen LogP contribution in [0, 0.1) is 11.6 Å². The molecule has 1 aromatic rings. The monoisotopic (exact) mass is 136 g/mol. The van der Waals surface area contributed by atoms with Crippen molar-refractivity contribution in [1.29, 1.82) is 0 Å². The topological polar surface area (TPSA) is 4.93 Å². The van der Waals surface area contributed by atoms with Gasteiger partial charge in [0.2, 0.25) is 0 Å². The maximum atomic E-state index is 3.11. The molecule has 1 heteroatoms. The van der Waals surface area contributed by atoms with Crippen molar-refractivity contribution in [3.05, 3.63) is 24.5 Å². The van der Waals surface area contributed by atoms with Crippen LogP contribution in [0.15, 0.2) is 18.3 Å². The lowest BCUT2D eigenvalue weighted by atomic mass is 9.97. The molecule has 1 aromatic heterocycles. The van der Waals surface area contributed by atoms with E-state index in [1.807, 2.05) is 18.3 Å². The van der Waals surface area contributed by atoms with E-state index in [9.17, 15) is 0 Å². The van der Waals surface area contributed by atoms with E-state index in [4.69, 9.17) is 0 Å². The first-order chi connectivity index (χ1) is 4.58. The van der Waals surface area contributed by atoms with E-state index in [1.165, 1.54) is 0 Å². The Morgan fingerprint density at radius 3 is 2.50 bits per heavy atom. The molecule has 0 amide bonds. The molecule has 0 aliphatic carbocycles. The van der Waals surface area contributed by atoms with Gasteiger partial charge in [-0.3, -0.25) is 0 Å². The minimum Gasteiger partial charge on any atom is -0.346 e. The second-order valence-corrected chi connectivity index (χ2v) is 3.83. The third kappa shape index (κ3) is 2.26. The first kappa shape index (κ1) is 7.39. The van der Waals surface area contributed by atoms with Crippen LogP contribution in [0.4, 0.5) is 0 Å². The average molecular weight is 136 g/mol. The summed E-state index contributed by atoms with van der Waals surface area (Å²) in [6.07, 6.45) is 5.16. The number of rotatable bonds is 1. The fourth-order valence-corrected chi connectivity index (χ4v) is 0.938. The highest BCUT2D eigenvalue weighted by atomic mass is 14.9. The molecular weight excluding hydrogens is 122 g/mol. The summed E-state index contributed by atoms with van der Waals surface area (Å²) in [4.78, 5) is 0. The molecule has 0 spiro atoms. The summed E-state index contributed by atoms with van der Waals surface area (Å²) in [6, 6.07) is 3.94. The molecule has 1 radical (unpaired) electrons. The molecule has 0 saturated carbocycles. The summed E-state index contributed by atoms with van der Waals surface area (Å²) in [5, 5.41) is 0. The van der Waals surface area contributed by atoms with Gasteiger partial charge in [0.05, 0.1) is 6.20 Å². The van der Waals surface area contributed by atoms with Gasteiger partial charge < -0.3 is 4.57 Å². The zero-order valence-electron chi connectivity index (χ0n) is 6.89. The second-order valence-electron chi connectivity index (χ2n) is 3.83. The first-order valence-corrected chi connectivity index (χ1v) is 3.61. The van der Waals surface area contributed by atoms with Crippen molar-refractivity contribution in [2.75, 3.05) is 0 Å². The fourth-order valence-electron chi connectivity index (χ4n) is 0.938. The van der Waals surface area contributed by atoms with Gasteiger partial charge in [-0.05, 0) is 17.5 Å². The Bertz CT molecular complexity index is 179. The lowest BCUT2D eigenvalue weighted by molar-refractivity contribution is 0.343. The fraction of sp³-hybridized carbons (Fsp3) is 0.556. The quantitative estimate of drug-likeness (QED) is 0.558. The lowest BCUT2D eigenvalue weighted by Gasteiger charge is -2.18. The van der Waals surface area contributed by atoms with Gasteiger partial charge >= 0.3 is 0 Å². The number of nitrogens with zero attached hydrogens (tertiary/aromatic N) is 1. The maximum Gasteiger partial charge on any atom is 0.0648 e. The van der Waals surface area contributed by atoms with Crippen molar-refractivity contribution in [3.8, 4) is 0 Å². The third-order valence-electron chi connectivity index (χ3n) is 1.25. The van der Waals surface area contributed by atoms with Gasteiger partial charge in [-0.25, -0.2) is 0 Å². The van der Waals surface area contributed by atoms with Crippen molar-refractivity contribution in [3.63, 3.8) is 0 Å². The van der Waals surface area contributed by atoms with Crippen LogP contribution >= 0.6 is 0 Å². The van der Waals surface area contributed by atoms with Gasteiger partial charge in [0.25, 0.3) is 0 Å². The van der Waals surface area contributed by atoms with Gasteiger partial charge in [-0.1, -0.05) is 20.8 Å². The molecule has 0 bridgehead atoms. The Hall–Kier alpha value is -0.720. The van der Waals surface area contributed by atoms with Crippen molar-refractivity contribution in [2.24, 2.45) is 5.41 Å². The van der Waals surface area contributed by atoms with Crippen LogP contribution in [0.1, 0.15) is 20.8 Å². The molecule has 0 aromatic carbocycles. The van der Waals surface area contributed by atoms with E-state index in [0.29, 0.717) is 5.41 Å². The Balaban J connectivity index is 2.57. The normalized spacial score (nSPS) is 11.9. The number of hydrogen-bond donors (Lipinski definition) is 0. The first-order valence-electron chi connectivity index (χ1n) is 3.61. The molecule has 1 heterocycles. The molecule has 0 N–H and O–H groups in total. The van der Waals surface area contributed by atoms with E-state index in [0.717, 1.165) is 6.54 Å². The molecule has 0 atom stereocenters. The highest BCUT2D eigenvalue weighted by molar-refractivity contribution is 4.89. The molecule has 0 aliphatic heterocycles. The van der Waals surface area contributed by atoms with Crippen LogP contribution in [0.25, 0.3) is 0 Å². The number of hydrogen-bond acceptors (Lipinski definition) is 0. The van der Waals surface area contributed by atoms with E-state index in [-0.39, 0.29) is 0 Å². The predicted molar refractivity (Wildman–Crippen MR) is 42.7 cm³/mol. The van der Waals surface area contributed by atoms with E-state index in [2.05, 4.69) is 31.5 Å². The van der Waals surface area contributed by atoms with Crippen molar-refractivity contribution >= 4 is 0 Å². The molecule has 0 saturated heterocycles. The zero-order chi connectivity index (χ0) is 7.61. The molecule has 0 unspecified atom stereocenters. The molecular formula is C9H14N. The van der Waals surface area contributed by atoms with Crippen LogP contribution in [0.3, 0.4) is 0 Å². The number of aromatic nitrogens is 1. The van der Waals surface area contributed by atoms with Crippen LogP contribution in [-0.2, 0) is 6.54 Å². The average Bonchev–Trinajstić information content (AvgIpc) is 2.12. The van der Waals surface area contributed by atoms with Gasteiger partial charge in [-0.15, -0.1) is 0 Å². The van der Waals surface area contributed by atoms with Crippen LogP contribution < -0.4 is 0 Å². The van der Waals surface area contributed by atoms with Gasteiger partial charge in [0.15, 0.2) is 0 Å². The second kappa shape index (κ2) is 2.49. The molecule has 0 fully saturated rings. The molecule has 1 nitrogen and oxygen atoms in total. The largest absolute Gasteiger partial charge is 0.346 e. The Morgan fingerprint density at radius 2 is 2.10 bits per heavy atom. The lowest BCUT2D eigenvalue weighted by Crippen LogP contribution is -2.13. The highest BCUT2D eigenvalue weighted by Gasteiger charge is 2.09. The summed E-state index contributed by atoms with van der Waals surface area (Å²) in [6.45, 7) is 7.71. The van der Waals surface area contributed by atoms with Crippen LogP contribution in [-0.4, -0.2) is 4.57 Å². The molecule has 55 valence electrons. The molecule has 10 heavy (non-hydrogen) atoms. The third-order valence-corrected chi connectivity index (χ3v) is 1.25. The van der Waals surface area contributed by atoms with Crippen molar-refractivity contribution in [1.82, 2.24) is 4.57 Å². The van der Waals surface area contributed by atoms with Crippen molar-refractivity contribution in [2.45, 2.75) is 27.3 Å². The van der Waals surface area contributed by atoms with Gasteiger partial charge in [0.1, 0.15) is 0 Å². The predicted octanol–water partition coefficient (Wildman–Crippen LogP) is 2.33. The minimum atomic E-state index is 0.357. The van der Waals surface area contributed by atoms with Gasteiger partial charge in [0, 0.05) is 12.7 Å². The smallest absolute Gasteiger partial charge is 0.0648 e. The summed E-state index contributed by atoms with van der Waals surface area (Å²) >= 11 is 0. The van der Waals surface area contributed by atoms with Crippen LogP contribution in [0.5, 0.6) is 0 Å². The Labute approximate surface area is 62.7 Å². The Kier molecular flexibility index (Phi) is 1.84. The molecule has 0 aliphatic rings. The van der Waals surface area contributed by atoms with E-state index < -0.39 is 0 Å². The minimum absolute atomic E-state index is 0.357. The van der Waals surface area contributed by atoms with E-state index in [1.54, 1.807) is 0 Å². The molecule has 1 rings (SSSR count). The summed E-state index contributed by atoms with van der Waals surface area (Å²) in [5.74, 6) is 0. The maximum absolute atomic E-state index is 3.11.